The number of allylic oxidation sites excluding steroid dienone is 1. The Morgan fingerprint density at radius 2 is 1.96 bits per heavy atom. The van der Waals surface area contributed by atoms with E-state index >= 15 is 0 Å². The number of rotatable bonds is 9. The van der Waals surface area contributed by atoms with Crippen LogP contribution < -0.4 is 20.1 Å². The summed E-state index contributed by atoms with van der Waals surface area (Å²) in [6.45, 7) is 4.64. The Morgan fingerprint density at radius 3 is 2.63 bits per heavy atom. The van der Waals surface area contributed by atoms with Crippen LogP contribution in [0, 0.1) is 0 Å². The summed E-state index contributed by atoms with van der Waals surface area (Å²) in [5, 5.41) is 6.56. The topological polar surface area (TPSA) is 68.8 Å². The van der Waals surface area contributed by atoms with Crippen LogP contribution in [0.4, 0.5) is 0 Å². The van der Waals surface area contributed by atoms with E-state index < -0.39 is 12.0 Å². The smallest absolute Gasteiger partial charge is 0.337 e. The lowest BCUT2D eigenvalue weighted by Gasteiger charge is -2.30. The molecule has 0 unspecified atom stereocenters. The maximum atomic E-state index is 12.3. The molecule has 0 spiro atoms. The van der Waals surface area contributed by atoms with Gasteiger partial charge in [0.2, 0.25) is 0 Å². The van der Waals surface area contributed by atoms with Crippen molar-refractivity contribution in [1.82, 2.24) is 10.6 Å². The minimum absolute atomic E-state index is 0.407. The molecule has 0 aliphatic carbocycles. The maximum Gasteiger partial charge on any atom is 0.337 e. The highest BCUT2D eigenvalue weighted by atomic mass is 32.1. The van der Waals surface area contributed by atoms with E-state index in [2.05, 4.69) is 17.6 Å². The number of esters is 1. The molecule has 0 aromatic heterocycles. The monoisotopic (exact) mass is 392 g/mol. The number of nitrogens with one attached hydrogen (secondary N) is 2. The van der Waals surface area contributed by atoms with E-state index in [1.54, 1.807) is 14.0 Å². The lowest BCUT2D eigenvalue weighted by molar-refractivity contribution is -0.136. The van der Waals surface area contributed by atoms with Crippen molar-refractivity contribution < 1.29 is 19.0 Å². The third kappa shape index (κ3) is 5.35. The standard InChI is InChI=1S/C20H28N2O4S/c1-5-6-7-8-11-26-15-10-9-14(12-16(15)24-3)18-17(19(23)25-4)13(2)21-20(27)22-18/h9-10,12,18H,5-8,11H2,1-4H3,(H2,21,22,27)/t18-/m1/s1. The first-order valence-corrected chi connectivity index (χ1v) is 9.60. The van der Waals surface area contributed by atoms with Crippen molar-refractivity contribution in [3.63, 3.8) is 0 Å². The van der Waals surface area contributed by atoms with Crippen LogP contribution in [0.3, 0.4) is 0 Å². The third-order valence-electron chi connectivity index (χ3n) is 4.45. The highest BCUT2D eigenvalue weighted by molar-refractivity contribution is 7.80. The van der Waals surface area contributed by atoms with Crippen LogP contribution in [-0.4, -0.2) is 31.9 Å². The number of hydrogen-bond donors (Lipinski definition) is 2. The second-order valence-electron chi connectivity index (χ2n) is 6.38. The number of ether oxygens (including phenoxy) is 3. The summed E-state index contributed by atoms with van der Waals surface area (Å²) in [5.41, 5.74) is 2.00. The van der Waals surface area contributed by atoms with Crippen molar-refractivity contribution in [2.75, 3.05) is 20.8 Å². The van der Waals surface area contributed by atoms with Gasteiger partial charge < -0.3 is 24.8 Å². The van der Waals surface area contributed by atoms with Gasteiger partial charge in [-0.3, -0.25) is 0 Å². The largest absolute Gasteiger partial charge is 0.493 e. The first-order chi connectivity index (χ1) is 13.0. The van der Waals surface area contributed by atoms with E-state index in [-0.39, 0.29) is 0 Å². The SMILES string of the molecule is CCCCCCOc1ccc([C@H]2NC(=S)NC(C)=C2C(=O)OC)cc1OC. The van der Waals surface area contributed by atoms with Gasteiger partial charge in [0, 0.05) is 5.70 Å². The number of methoxy groups -OCH3 is 2. The normalized spacial score (nSPS) is 16.4. The van der Waals surface area contributed by atoms with Crippen molar-refractivity contribution >= 4 is 23.3 Å². The molecule has 2 rings (SSSR count). The number of benzene rings is 1. The summed E-state index contributed by atoms with van der Waals surface area (Å²) in [6.07, 6.45) is 4.57. The van der Waals surface area contributed by atoms with Gasteiger partial charge in [0.25, 0.3) is 0 Å². The molecule has 0 fully saturated rings. The summed E-state index contributed by atoms with van der Waals surface area (Å²) in [6, 6.07) is 5.22. The lowest BCUT2D eigenvalue weighted by Crippen LogP contribution is -2.45. The molecule has 1 aromatic carbocycles. The number of unbranched alkanes of at least 4 members (excludes halogenated alkanes) is 3. The Balaban J connectivity index is 2.23. The fourth-order valence-corrected chi connectivity index (χ4v) is 3.29. The second-order valence-corrected chi connectivity index (χ2v) is 6.79. The van der Waals surface area contributed by atoms with Crippen molar-refractivity contribution in [1.29, 1.82) is 0 Å². The molecule has 0 saturated heterocycles. The average molecular weight is 393 g/mol. The Hall–Kier alpha value is -2.28. The molecule has 0 radical (unpaired) electrons. The van der Waals surface area contributed by atoms with Crippen molar-refractivity contribution in [2.45, 2.75) is 45.6 Å². The van der Waals surface area contributed by atoms with Crippen LogP contribution in [0.1, 0.15) is 51.1 Å². The zero-order valence-corrected chi connectivity index (χ0v) is 17.2. The molecule has 1 aromatic rings. The van der Waals surface area contributed by atoms with Crippen molar-refractivity contribution in [3.05, 3.63) is 35.0 Å². The predicted octanol–water partition coefficient (Wildman–Crippen LogP) is 3.62. The number of thiocarbonyl (C=S) groups is 1. The van der Waals surface area contributed by atoms with E-state index in [1.165, 1.54) is 20.0 Å². The minimum Gasteiger partial charge on any atom is -0.493 e. The molecule has 0 bridgehead atoms. The van der Waals surface area contributed by atoms with E-state index in [0.29, 0.717) is 34.5 Å². The van der Waals surface area contributed by atoms with Gasteiger partial charge >= 0.3 is 5.97 Å². The summed E-state index contributed by atoms with van der Waals surface area (Å²) < 4.78 is 16.3. The molecular formula is C20H28N2O4S. The summed E-state index contributed by atoms with van der Waals surface area (Å²) in [7, 11) is 2.97. The molecule has 0 amide bonds. The second kappa shape index (κ2) is 10.2. The first-order valence-electron chi connectivity index (χ1n) is 9.19. The molecule has 0 saturated carbocycles. The molecule has 2 N–H and O–H groups in total. The fraction of sp³-hybridized carbons (Fsp3) is 0.500. The quantitative estimate of drug-likeness (QED) is 0.378. The number of carbonyl (C=O) groups excluding carboxylic acids is 1. The van der Waals surface area contributed by atoms with Crippen LogP contribution in [0.25, 0.3) is 0 Å². The van der Waals surface area contributed by atoms with Crippen molar-refractivity contribution in [3.8, 4) is 11.5 Å². The Labute approximate surface area is 166 Å². The predicted molar refractivity (Wildman–Crippen MR) is 109 cm³/mol. The van der Waals surface area contributed by atoms with Crippen LogP contribution in [-0.2, 0) is 9.53 Å². The summed E-state index contributed by atoms with van der Waals surface area (Å²) in [5.74, 6) is 0.904. The zero-order valence-electron chi connectivity index (χ0n) is 16.4. The third-order valence-corrected chi connectivity index (χ3v) is 4.67. The van der Waals surface area contributed by atoms with E-state index in [4.69, 9.17) is 26.4 Å². The highest BCUT2D eigenvalue weighted by Gasteiger charge is 2.31. The highest BCUT2D eigenvalue weighted by Crippen LogP contribution is 2.34. The van der Waals surface area contributed by atoms with Crippen LogP contribution >= 0.6 is 12.2 Å². The number of hydrogen-bond acceptors (Lipinski definition) is 5. The lowest BCUT2D eigenvalue weighted by atomic mass is 9.95. The van der Waals surface area contributed by atoms with Gasteiger partial charge in [0.15, 0.2) is 16.6 Å². The molecule has 1 heterocycles. The van der Waals surface area contributed by atoms with Gasteiger partial charge in [0.05, 0.1) is 32.4 Å². The Morgan fingerprint density at radius 1 is 1.19 bits per heavy atom. The maximum absolute atomic E-state index is 12.3. The zero-order chi connectivity index (χ0) is 19.8. The van der Waals surface area contributed by atoms with Gasteiger partial charge in [-0.15, -0.1) is 0 Å². The molecule has 1 atom stereocenters. The van der Waals surface area contributed by atoms with E-state index in [9.17, 15) is 4.79 Å². The molecule has 148 valence electrons. The van der Waals surface area contributed by atoms with E-state index in [0.717, 1.165) is 18.4 Å². The molecule has 1 aliphatic heterocycles. The van der Waals surface area contributed by atoms with Crippen LogP contribution in [0.15, 0.2) is 29.5 Å². The first kappa shape index (κ1) is 21.0. The van der Waals surface area contributed by atoms with Gasteiger partial charge in [-0.05, 0) is 43.3 Å². The van der Waals surface area contributed by atoms with Crippen LogP contribution in [0.5, 0.6) is 11.5 Å². The molecule has 1 aliphatic rings. The molecule has 6 nitrogen and oxygen atoms in total. The van der Waals surface area contributed by atoms with Gasteiger partial charge in [-0.2, -0.15) is 0 Å². The Bertz CT molecular complexity index is 718. The van der Waals surface area contributed by atoms with Gasteiger partial charge in [0.1, 0.15) is 0 Å². The van der Waals surface area contributed by atoms with Crippen molar-refractivity contribution in [2.24, 2.45) is 0 Å². The summed E-state index contributed by atoms with van der Waals surface area (Å²) >= 11 is 5.25. The molecular weight excluding hydrogens is 364 g/mol. The summed E-state index contributed by atoms with van der Waals surface area (Å²) in [4.78, 5) is 12.3. The minimum atomic E-state index is -0.418. The molecule has 27 heavy (non-hydrogen) atoms. The Kier molecular flexibility index (Phi) is 7.91. The molecule has 7 heteroatoms. The average Bonchev–Trinajstić information content (AvgIpc) is 2.66. The van der Waals surface area contributed by atoms with Gasteiger partial charge in [-0.1, -0.05) is 32.3 Å². The van der Waals surface area contributed by atoms with Gasteiger partial charge in [-0.25, -0.2) is 4.79 Å². The van der Waals surface area contributed by atoms with E-state index in [1.807, 2.05) is 18.2 Å². The fourth-order valence-electron chi connectivity index (χ4n) is 3.02. The van der Waals surface area contributed by atoms with Crippen LogP contribution in [0.2, 0.25) is 0 Å². The number of carbonyl (C=O) groups is 1.